The minimum atomic E-state index is -0.405. The minimum Gasteiger partial charge on any atom is -0.443 e. The molecule has 6 nitrogen and oxygen atoms in total. The maximum Gasteiger partial charge on any atom is 0.279 e. The molecule has 0 spiro atoms. The van der Waals surface area contributed by atoms with Crippen LogP contribution in [0.15, 0.2) is 41.1 Å². The Labute approximate surface area is 131 Å². The molecule has 0 saturated carbocycles. The second-order valence-electron chi connectivity index (χ2n) is 4.60. The Morgan fingerprint density at radius 2 is 2.23 bits per heavy atom. The van der Waals surface area contributed by atoms with Gasteiger partial charge in [0.25, 0.3) is 5.91 Å². The summed E-state index contributed by atoms with van der Waals surface area (Å²) in [6, 6.07) is 8.88. The molecule has 0 aliphatic carbocycles. The number of carbonyl (C=O) groups excluding carboxylic acids is 1. The van der Waals surface area contributed by atoms with Gasteiger partial charge in [-0.25, -0.2) is 4.98 Å². The molecule has 0 bridgehead atoms. The van der Waals surface area contributed by atoms with Gasteiger partial charge in [0.1, 0.15) is 0 Å². The van der Waals surface area contributed by atoms with E-state index in [1.165, 1.54) is 6.39 Å². The number of anilines is 1. The lowest BCUT2D eigenvalue weighted by Crippen LogP contribution is -2.13. The Balaban J connectivity index is 1.88. The number of rotatable bonds is 4. The Bertz CT molecular complexity index is 809. The van der Waals surface area contributed by atoms with Crippen molar-refractivity contribution in [3.05, 3.63) is 53.1 Å². The predicted molar refractivity (Wildman–Crippen MR) is 82.9 cm³/mol. The summed E-state index contributed by atoms with van der Waals surface area (Å²) in [6.07, 6.45) is 2.02. The molecule has 0 saturated heterocycles. The van der Waals surface area contributed by atoms with E-state index >= 15 is 0 Å². The number of oxazole rings is 1. The van der Waals surface area contributed by atoms with Gasteiger partial charge in [0.15, 0.2) is 23.7 Å². The number of aromatic amines is 1. The fourth-order valence-electron chi connectivity index (χ4n) is 2.03. The zero-order valence-electron chi connectivity index (χ0n) is 11.8. The van der Waals surface area contributed by atoms with E-state index < -0.39 is 5.91 Å². The summed E-state index contributed by atoms with van der Waals surface area (Å²) in [5.74, 6) is 0.363. The van der Waals surface area contributed by atoms with E-state index in [1.807, 2.05) is 13.0 Å². The number of benzene rings is 1. The maximum atomic E-state index is 12.3. The number of nitrogens with zero attached hydrogens (tertiary/aromatic N) is 2. The summed E-state index contributed by atoms with van der Waals surface area (Å²) in [4.78, 5) is 16.3. The van der Waals surface area contributed by atoms with Crippen molar-refractivity contribution in [1.29, 1.82) is 0 Å². The second-order valence-corrected chi connectivity index (χ2v) is 5.00. The molecule has 7 heteroatoms. The van der Waals surface area contributed by atoms with Crippen LogP contribution in [0.25, 0.3) is 11.3 Å². The highest BCUT2D eigenvalue weighted by Crippen LogP contribution is 2.30. The number of hydrogen-bond donors (Lipinski definition) is 2. The van der Waals surface area contributed by atoms with Crippen LogP contribution in [0.4, 0.5) is 5.82 Å². The highest BCUT2D eigenvalue weighted by atomic mass is 35.5. The SMILES string of the molecule is CCc1cc(NC(=O)c2ncoc2-c2ccccc2Cl)n[nH]1. The summed E-state index contributed by atoms with van der Waals surface area (Å²) < 4.78 is 5.33. The van der Waals surface area contributed by atoms with Gasteiger partial charge in [-0.2, -0.15) is 5.10 Å². The Morgan fingerprint density at radius 3 is 2.95 bits per heavy atom. The molecule has 22 heavy (non-hydrogen) atoms. The Morgan fingerprint density at radius 1 is 1.41 bits per heavy atom. The van der Waals surface area contributed by atoms with Crippen LogP contribution in [0.3, 0.4) is 0 Å². The molecule has 0 fully saturated rings. The molecule has 0 unspecified atom stereocenters. The van der Waals surface area contributed by atoms with Gasteiger partial charge < -0.3 is 9.73 Å². The number of nitrogens with one attached hydrogen (secondary N) is 2. The van der Waals surface area contributed by atoms with Crippen LogP contribution in [0, 0.1) is 0 Å². The van der Waals surface area contributed by atoms with Gasteiger partial charge in [0, 0.05) is 17.3 Å². The molecule has 0 radical (unpaired) electrons. The first-order valence-electron chi connectivity index (χ1n) is 6.73. The lowest BCUT2D eigenvalue weighted by Gasteiger charge is -2.03. The zero-order chi connectivity index (χ0) is 15.5. The Hall–Kier alpha value is -2.60. The first kappa shape index (κ1) is 14.3. The molecule has 3 aromatic rings. The summed E-state index contributed by atoms with van der Waals surface area (Å²) in [6.45, 7) is 1.99. The van der Waals surface area contributed by atoms with Crippen molar-refractivity contribution < 1.29 is 9.21 Å². The van der Waals surface area contributed by atoms with Crippen LogP contribution < -0.4 is 5.32 Å². The molecule has 2 aromatic heterocycles. The number of carbonyl (C=O) groups is 1. The number of hydrogen-bond acceptors (Lipinski definition) is 4. The van der Waals surface area contributed by atoms with Crippen molar-refractivity contribution in [2.45, 2.75) is 13.3 Å². The highest BCUT2D eigenvalue weighted by Gasteiger charge is 2.20. The van der Waals surface area contributed by atoms with E-state index in [4.69, 9.17) is 16.0 Å². The van der Waals surface area contributed by atoms with Crippen molar-refractivity contribution in [2.24, 2.45) is 0 Å². The highest BCUT2D eigenvalue weighted by molar-refractivity contribution is 6.33. The molecule has 2 heterocycles. The zero-order valence-corrected chi connectivity index (χ0v) is 12.5. The third-order valence-electron chi connectivity index (χ3n) is 3.15. The van der Waals surface area contributed by atoms with Crippen molar-refractivity contribution in [3.8, 4) is 11.3 Å². The lowest BCUT2D eigenvalue weighted by atomic mass is 10.1. The number of halogens is 1. The fourth-order valence-corrected chi connectivity index (χ4v) is 2.25. The quantitative estimate of drug-likeness (QED) is 0.771. The van der Waals surface area contributed by atoms with Gasteiger partial charge in [0.05, 0.1) is 5.02 Å². The van der Waals surface area contributed by atoms with Gasteiger partial charge in [-0.05, 0) is 18.6 Å². The van der Waals surface area contributed by atoms with Crippen LogP contribution in [0.1, 0.15) is 23.1 Å². The average Bonchev–Trinajstić information content (AvgIpc) is 3.16. The molecule has 1 aromatic carbocycles. The van der Waals surface area contributed by atoms with Gasteiger partial charge >= 0.3 is 0 Å². The van der Waals surface area contributed by atoms with E-state index in [2.05, 4.69) is 20.5 Å². The van der Waals surface area contributed by atoms with Crippen molar-refractivity contribution >= 4 is 23.3 Å². The predicted octanol–water partition coefficient (Wildman–Crippen LogP) is 3.53. The molecule has 0 aliphatic rings. The minimum absolute atomic E-state index is 0.161. The molecular formula is C15H13ClN4O2. The van der Waals surface area contributed by atoms with Gasteiger partial charge in [-0.1, -0.05) is 30.7 Å². The lowest BCUT2D eigenvalue weighted by molar-refractivity contribution is 0.102. The van der Waals surface area contributed by atoms with E-state index in [-0.39, 0.29) is 5.69 Å². The number of aromatic nitrogens is 3. The molecule has 1 amide bonds. The normalized spacial score (nSPS) is 10.6. The van der Waals surface area contributed by atoms with Crippen LogP contribution >= 0.6 is 11.6 Å². The van der Waals surface area contributed by atoms with Crippen LogP contribution in [0.2, 0.25) is 5.02 Å². The van der Waals surface area contributed by atoms with Crippen LogP contribution in [-0.4, -0.2) is 21.1 Å². The standard InChI is InChI=1S/C15H13ClN4O2/c1-2-9-7-12(20-19-9)18-15(21)13-14(22-8-17-13)10-5-3-4-6-11(10)16/h3-8H,2H2,1H3,(H2,18,19,20,21). The molecule has 2 N–H and O–H groups in total. The summed E-state index contributed by atoms with van der Waals surface area (Å²) >= 11 is 6.14. The van der Waals surface area contributed by atoms with Crippen molar-refractivity contribution in [1.82, 2.24) is 15.2 Å². The monoisotopic (exact) mass is 316 g/mol. The smallest absolute Gasteiger partial charge is 0.279 e. The summed E-state index contributed by atoms with van der Waals surface area (Å²) in [5.41, 5.74) is 1.71. The first-order chi connectivity index (χ1) is 10.7. The van der Waals surface area contributed by atoms with Crippen molar-refractivity contribution in [2.75, 3.05) is 5.32 Å². The maximum absolute atomic E-state index is 12.3. The van der Waals surface area contributed by atoms with Gasteiger partial charge in [-0.3, -0.25) is 9.89 Å². The largest absolute Gasteiger partial charge is 0.443 e. The second kappa shape index (κ2) is 6.03. The van der Waals surface area contributed by atoms with E-state index in [0.29, 0.717) is 22.2 Å². The first-order valence-corrected chi connectivity index (χ1v) is 7.11. The topological polar surface area (TPSA) is 83.8 Å². The molecular weight excluding hydrogens is 304 g/mol. The molecule has 0 atom stereocenters. The van der Waals surface area contributed by atoms with Crippen LogP contribution in [-0.2, 0) is 6.42 Å². The Kier molecular flexibility index (Phi) is 3.93. The molecule has 3 rings (SSSR count). The summed E-state index contributed by atoms with van der Waals surface area (Å²) in [5, 5.41) is 10.0. The van der Waals surface area contributed by atoms with Crippen LogP contribution in [0.5, 0.6) is 0 Å². The number of H-pyrrole nitrogens is 1. The summed E-state index contributed by atoms with van der Waals surface area (Å²) in [7, 11) is 0. The van der Waals surface area contributed by atoms with E-state index in [9.17, 15) is 4.79 Å². The number of aryl methyl sites for hydroxylation is 1. The van der Waals surface area contributed by atoms with Gasteiger partial charge in [-0.15, -0.1) is 0 Å². The van der Waals surface area contributed by atoms with E-state index in [0.717, 1.165) is 12.1 Å². The third-order valence-corrected chi connectivity index (χ3v) is 3.48. The number of amides is 1. The molecule has 0 aliphatic heterocycles. The molecule has 112 valence electrons. The van der Waals surface area contributed by atoms with E-state index in [1.54, 1.807) is 24.3 Å². The fraction of sp³-hybridized carbons (Fsp3) is 0.133. The van der Waals surface area contributed by atoms with Gasteiger partial charge in [0.2, 0.25) is 0 Å². The third kappa shape index (κ3) is 2.73. The average molecular weight is 317 g/mol. The van der Waals surface area contributed by atoms with Crippen molar-refractivity contribution in [3.63, 3.8) is 0 Å².